The summed E-state index contributed by atoms with van der Waals surface area (Å²) in [5.74, 6) is -1.21. The Morgan fingerprint density at radius 3 is 2.52 bits per heavy atom. The van der Waals surface area contributed by atoms with Crippen LogP contribution in [0.2, 0.25) is 0 Å². The lowest BCUT2D eigenvalue weighted by Gasteiger charge is -2.11. The van der Waals surface area contributed by atoms with Crippen LogP contribution in [0.1, 0.15) is 25.0 Å². The predicted octanol–water partition coefficient (Wildman–Crippen LogP) is 4.28. The minimum Gasteiger partial charge on any atom is -0.367 e. The first-order chi connectivity index (χ1) is 9.71. The second-order valence-corrected chi connectivity index (χ2v) is 5.14. The lowest BCUT2D eigenvalue weighted by Crippen LogP contribution is -2.09. The molecule has 1 heterocycles. The first kappa shape index (κ1) is 15.3. The van der Waals surface area contributed by atoms with Gasteiger partial charge in [-0.1, -0.05) is 25.1 Å². The maximum absolute atomic E-state index is 14.1. The topological polar surface area (TPSA) is 52.0 Å². The Balaban J connectivity index is 2.58. The van der Waals surface area contributed by atoms with E-state index in [4.69, 9.17) is 10.3 Å². The number of halogens is 4. The zero-order chi connectivity index (χ0) is 15.8. The number of nitrogens with zero attached hydrogens (tertiary/aromatic N) is 1. The second kappa shape index (κ2) is 5.38. The van der Waals surface area contributed by atoms with Crippen molar-refractivity contribution in [3.63, 3.8) is 0 Å². The minimum atomic E-state index is -4.77. The first-order valence-corrected chi connectivity index (χ1v) is 6.32. The third-order valence-electron chi connectivity index (χ3n) is 2.99. The lowest BCUT2D eigenvalue weighted by molar-refractivity contribution is -0.139. The van der Waals surface area contributed by atoms with Gasteiger partial charge in [0.15, 0.2) is 0 Å². The van der Waals surface area contributed by atoms with Gasteiger partial charge in [0, 0.05) is 11.1 Å². The van der Waals surface area contributed by atoms with Crippen LogP contribution in [0.25, 0.3) is 11.3 Å². The van der Waals surface area contributed by atoms with Gasteiger partial charge in [-0.15, -0.1) is 0 Å². The molecule has 0 aliphatic carbocycles. The Bertz CT molecular complexity index is 647. The number of rotatable bonds is 3. The molecule has 0 unspecified atom stereocenters. The third kappa shape index (κ3) is 3.01. The summed E-state index contributed by atoms with van der Waals surface area (Å²) in [6, 6.07) is 3.04. The van der Waals surface area contributed by atoms with E-state index in [-0.39, 0.29) is 23.1 Å². The fourth-order valence-electron chi connectivity index (χ4n) is 2.07. The number of nitrogen functional groups attached to an aromatic ring is 1. The lowest BCUT2D eigenvalue weighted by atomic mass is 9.97. The van der Waals surface area contributed by atoms with Crippen molar-refractivity contribution >= 4 is 5.88 Å². The summed E-state index contributed by atoms with van der Waals surface area (Å²) in [7, 11) is 0. The van der Waals surface area contributed by atoms with Gasteiger partial charge in [-0.2, -0.15) is 13.2 Å². The number of alkyl halides is 3. The molecule has 1 aromatic heterocycles. The number of hydrogen-bond acceptors (Lipinski definition) is 3. The number of anilines is 1. The monoisotopic (exact) mass is 302 g/mol. The van der Waals surface area contributed by atoms with Crippen molar-refractivity contribution < 1.29 is 22.1 Å². The fraction of sp³-hybridized carbons (Fsp3) is 0.357. The first-order valence-electron chi connectivity index (χ1n) is 6.32. The Morgan fingerprint density at radius 2 is 1.95 bits per heavy atom. The van der Waals surface area contributed by atoms with Crippen LogP contribution in [0, 0.1) is 11.7 Å². The molecule has 2 N–H and O–H groups in total. The Kier molecular flexibility index (Phi) is 3.93. The smallest absolute Gasteiger partial charge is 0.367 e. The molecule has 0 aliphatic heterocycles. The molecule has 0 spiro atoms. The molecule has 0 saturated carbocycles. The highest BCUT2D eigenvalue weighted by Gasteiger charge is 2.35. The largest absolute Gasteiger partial charge is 0.419 e. The van der Waals surface area contributed by atoms with E-state index in [1.165, 1.54) is 6.07 Å². The normalized spacial score (nSPS) is 12.1. The van der Waals surface area contributed by atoms with Gasteiger partial charge < -0.3 is 10.3 Å². The Morgan fingerprint density at radius 1 is 1.29 bits per heavy atom. The molecule has 0 atom stereocenters. The van der Waals surface area contributed by atoms with Crippen LogP contribution in [0.5, 0.6) is 0 Å². The number of hydrogen-bond donors (Lipinski definition) is 1. The van der Waals surface area contributed by atoms with Gasteiger partial charge in [0.2, 0.25) is 5.88 Å². The number of benzene rings is 1. The summed E-state index contributed by atoms with van der Waals surface area (Å²) >= 11 is 0. The SMILES string of the molecule is CC(C)Cc1c(-c2cccc(C(F)(F)F)c2F)noc1N. The molecule has 3 nitrogen and oxygen atoms in total. The average molecular weight is 302 g/mol. The van der Waals surface area contributed by atoms with E-state index in [2.05, 4.69) is 5.16 Å². The molecule has 114 valence electrons. The summed E-state index contributed by atoms with van der Waals surface area (Å²) in [4.78, 5) is 0. The van der Waals surface area contributed by atoms with Gasteiger partial charge in [0.25, 0.3) is 0 Å². The van der Waals surface area contributed by atoms with Crippen molar-refractivity contribution in [2.24, 2.45) is 5.92 Å². The summed E-state index contributed by atoms with van der Waals surface area (Å²) in [6.45, 7) is 3.80. The number of nitrogens with two attached hydrogens (primary N) is 1. The van der Waals surface area contributed by atoms with Gasteiger partial charge >= 0.3 is 6.18 Å². The average Bonchev–Trinajstić information content (AvgIpc) is 2.69. The minimum absolute atomic E-state index is 0.00416. The molecule has 1 aromatic carbocycles. The van der Waals surface area contributed by atoms with Gasteiger partial charge in [-0.3, -0.25) is 0 Å². The zero-order valence-electron chi connectivity index (χ0n) is 11.5. The molecule has 0 bridgehead atoms. The van der Waals surface area contributed by atoms with E-state index in [0.29, 0.717) is 18.1 Å². The highest BCUT2D eigenvalue weighted by Crippen LogP contribution is 2.37. The fourth-order valence-corrected chi connectivity index (χ4v) is 2.07. The van der Waals surface area contributed by atoms with Crippen LogP contribution in [0.3, 0.4) is 0 Å². The standard InChI is InChI=1S/C14H14F4N2O/c1-7(2)6-9-12(20-21-13(9)19)8-4-3-5-10(11(8)15)14(16,17)18/h3-5,7H,6,19H2,1-2H3. The van der Waals surface area contributed by atoms with Crippen LogP contribution in [0.15, 0.2) is 22.7 Å². The van der Waals surface area contributed by atoms with E-state index in [0.717, 1.165) is 6.07 Å². The van der Waals surface area contributed by atoms with Gasteiger partial charge in [-0.05, 0) is 24.5 Å². The van der Waals surface area contributed by atoms with E-state index in [1.807, 2.05) is 13.8 Å². The van der Waals surface area contributed by atoms with Crippen LogP contribution in [0.4, 0.5) is 23.4 Å². The molecule has 0 amide bonds. The van der Waals surface area contributed by atoms with Crippen LogP contribution >= 0.6 is 0 Å². The molecule has 0 radical (unpaired) electrons. The maximum Gasteiger partial charge on any atom is 0.419 e. The van der Waals surface area contributed by atoms with Gasteiger partial charge in [0.05, 0.1) is 5.56 Å². The van der Waals surface area contributed by atoms with E-state index < -0.39 is 17.6 Å². The Hall–Kier alpha value is -2.05. The summed E-state index contributed by atoms with van der Waals surface area (Å²) in [6.07, 6.45) is -4.34. The molecule has 2 aromatic rings. The van der Waals surface area contributed by atoms with Crippen LogP contribution in [-0.4, -0.2) is 5.16 Å². The highest BCUT2D eigenvalue weighted by molar-refractivity contribution is 5.68. The van der Waals surface area contributed by atoms with E-state index >= 15 is 0 Å². The maximum atomic E-state index is 14.1. The predicted molar refractivity (Wildman–Crippen MR) is 69.9 cm³/mol. The zero-order valence-corrected chi connectivity index (χ0v) is 11.5. The van der Waals surface area contributed by atoms with Crippen molar-refractivity contribution in [2.75, 3.05) is 5.73 Å². The quantitative estimate of drug-likeness (QED) is 0.861. The second-order valence-electron chi connectivity index (χ2n) is 5.14. The molecule has 0 saturated heterocycles. The van der Waals surface area contributed by atoms with Crippen molar-refractivity contribution in [3.8, 4) is 11.3 Å². The molecule has 2 rings (SSSR count). The summed E-state index contributed by atoms with van der Waals surface area (Å²) in [5.41, 5.74) is 4.47. The third-order valence-corrected chi connectivity index (χ3v) is 2.99. The van der Waals surface area contributed by atoms with Crippen molar-refractivity contribution in [1.29, 1.82) is 0 Å². The van der Waals surface area contributed by atoms with E-state index in [9.17, 15) is 17.6 Å². The van der Waals surface area contributed by atoms with Crippen LogP contribution < -0.4 is 5.73 Å². The highest BCUT2D eigenvalue weighted by atomic mass is 19.4. The molecule has 0 fully saturated rings. The molecular formula is C14H14F4N2O. The molecular weight excluding hydrogens is 288 g/mol. The van der Waals surface area contributed by atoms with Crippen molar-refractivity contribution in [1.82, 2.24) is 5.16 Å². The van der Waals surface area contributed by atoms with Gasteiger partial charge in [0.1, 0.15) is 11.5 Å². The number of aromatic nitrogens is 1. The van der Waals surface area contributed by atoms with Crippen molar-refractivity contribution in [3.05, 3.63) is 35.1 Å². The summed E-state index contributed by atoms with van der Waals surface area (Å²) in [5, 5.41) is 3.62. The molecule has 0 aliphatic rings. The Labute approximate surface area is 118 Å². The van der Waals surface area contributed by atoms with E-state index in [1.54, 1.807) is 0 Å². The summed E-state index contributed by atoms with van der Waals surface area (Å²) < 4.78 is 57.2. The van der Waals surface area contributed by atoms with Gasteiger partial charge in [-0.25, -0.2) is 4.39 Å². The van der Waals surface area contributed by atoms with Crippen molar-refractivity contribution in [2.45, 2.75) is 26.4 Å². The molecule has 7 heteroatoms. The van der Waals surface area contributed by atoms with Crippen LogP contribution in [-0.2, 0) is 12.6 Å². The molecule has 21 heavy (non-hydrogen) atoms.